The van der Waals surface area contributed by atoms with E-state index in [1.54, 1.807) is 24.3 Å². The molecule has 0 spiro atoms. The number of benzene rings is 1. The average molecular weight is 265 g/mol. The van der Waals surface area contributed by atoms with Gasteiger partial charge in [0.15, 0.2) is 0 Å². The van der Waals surface area contributed by atoms with Gasteiger partial charge in [-0.15, -0.1) is 0 Å². The van der Waals surface area contributed by atoms with E-state index in [1.165, 1.54) is 0 Å². The zero-order valence-electron chi connectivity index (χ0n) is 7.64. The molecule has 0 saturated carbocycles. The van der Waals surface area contributed by atoms with Crippen LogP contribution in [0, 0.1) is 0 Å². The molecular formula is C10H8Cl3NO. The fraction of sp³-hybridized carbons (Fsp3) is 0.100. The van der Waals surface area contributed by atoms with Crippen molar-refractivity contribution in [3.8, 4) is 0 Å². The molecule has 5 heteroatoms. The monoisotopic (exact) mass is 263 g/mol. The standard InChI is InChI=1S/C10H8Cl3NO/c11-7-4-6(2-1-3-9(14)15)5-8(12)10(7)13/h1-2,4-5H,3H2,(H2,14,15). The van der Waals surface area contributed by atoms with E-state index in [9.17, 15) is 4.79 Å². The number of amides is 1. The summed E-state index contributed by atoms with van der Waals surface area (Å²) in [5.41, 5.74) is 5.75. The highest BCUT2D eigenvalue weighted by Gasteiger charge is 2.03. The molecule has 0 aliphatic carbocycles. The Bertz CT molecular complexity index is 392. The molecule has 1 aromatic carbocycles. The van der Waals surface area contributed by atoms with Crippen LogP contribution in [-0.4, -0.2) is 5.91 Å². The predicted molar refractivity (Wildman–Crippen MR) is 64.3 cm³/mol. The van der Waals surface area contributed by atoms with E-state index >= 15 is 0 Å². The normalized spacial score (nSPS) is 10.9. The van der Waals surface area contributed by atoms with Crippen molar-refractivity contribution in [2.45, 2.75) is 6.42 Å². The maximum absolute atomic E-state index is 10.5. The highest BCUT2D eigenvalue weighted by Crippen LogP contribution is 2.31. The fourth-order valence-corrected chi connectivity index (χ4v) is 1.60. The molecule has 0 unspecified atom stereocenters. The minimum atomic E-state index is -0.391. The van der Waals surface area contributed by atoms with Gasteiger partial charge in [0.05, 0.1) is 15.1 Å². The molecule has 1 rings (SSSR count). The van der Waals surface area contributed by atoms with Gasteiger partial charge < -0.3 is 5.73 Å². The summed E-state index contributed by atoms with van der Waals surface area (Å²) in [5, 5.41) is 1.08. The van der Waals surface area contributed by atoms with Gasteiger partial charge in [0, 0.05) is 6.42 Å². The summed E-state index contributed by atoms with van der Waals surface area (Å²) in [6.45, 7) is 0. The number of carbonyl (C=O) groups is 1. The first-order valence-corrected chi connectivity index (χ1v) is 5.23. The van der Waals surface area contributed by atoms with Gasteiger partial charge in [-0.05, 0) is 17.7 Å². The van der Waals surface area contributed by atoms with E-state index in [1.807, 2.05) is 0 Å². The van der Waals surface area contributed by atoms with Crippen LogP contribution >= 0.6 is 34.8 Å². The minimum absolute atomic E-state index is 0.178. The molecule has 0 saturated heterocycles. The van der Waals surface area contributed by atoms with Crippen molar-refractivity contribution in [2.24, 2.45) is 5.73 Å². The molecule has 2 nitrogen and oxygen atoms in total. The van der Waals surface area contributed by atoms with Crippen LogP contribution in [0.5, 0.6) is 0 Å². The molecule has 15 heavy (non-hydrogen) atoms. The Morgan fingerprint density at radius 1 is 1.27 bits per heavy atom. The lowest BCUT2D eigenvalue weighted by atomic mass is 10.2. The quantitative estimate of drug-likeness (QED) is 0.834. The third kappa shape index (κ3) is 3.74. The van der Waals surface area contributed by atoms with Gasteiger partial charge in [0.1, 0.15) is 0 Å². The second-order valence-corrected chi connectivity index (χ2v) is 4.06. The van der Waals surface area contributed by atoms with E-state index in [2.05, 4.69) is 0 Å². The highest BCUT2D eigenvalue weighted by atomic mass is 35.5. The third-order valence-electron chi connectivity index (χ3n) is 1.64. The van der Waals surface area contributed by atoms with Crippen molar-refractivity contribution in [3.05, 3.63) is 38.8 Å². The Morgan fingerprint density at radius 3 is 2.27 bits per heavy atom. The zero-order valence-corrected chi connectivity index (χ0v) is 9.90. The number of nitrogens with two attached hydrogens (primary N) is 1. The van der Waals surface area contributed by atoms with Crippen molar-refractivity contribution < 1.29 is 4.79 Å². The van der Waals surface area contributed by atoms with Crippen molar-refractivity contribution in [1.29, 1.82) is 0 Å². The smallest absolute Gasteiger partial charge is 0.221 e. The lowest BCUT2D eigenvalue weighted by molar-refractivity contribution is -0.117. The van der Waals surface area contributed by atoms with Gasteiger partial charge >= 0.3 is 0 Å². The maximum Gasteiger partial charge on any atom is 0.221 e. The lowest BCUT2D eigenvalue weighted by Crippen LogP contribution is -2.07. The second kappa shape index (κ2) is 5.40. The zero-order chi connectivity index (χ0) is 11.4. The van der Waals surface area contributed by atoms with Crippen LogP contribution in [0.4, 0.5) is 0 Å². The molecule has 0 aliphatic rings. The van der Waals surface area contributed by atoms with E-state index in [4.69, 9.17) is 40.5 Å². The molecule has 0 atom stereocenters. The van der Waals surface area contributed by atoms with Crippen LogP contribution < -0.4 is 5.73 Å². The fourth-order valence-electron chi connectivity index (χ4n) is 0.983. The molecule has 0 bridgehead atoms. The van der Waals surface area contributed by atoms with Crippen molar-refractivity contribution >= 4 is 46.8 Å². The maximum atomic E-state index is 10.5. The SMILES string of the molecule is NC(=O)CC=Cc1cc(Cl)c(Cl)c(Cl)c1. The second-order valence-electron chi connectivity index (χ2n) is 2.87. The summed E-state index contributed by atoms with van der Waals surface area (Å²) < 4.78 is 0. The summed E-state index contributed by atoms with van der Waals surface area (Å²) in [6.07, 6.45) is 3.52. The summed E-state index contributed by atoms with van der Waals surface area (Å²) in [5.74, 6) is -0.391. The third-order valence-corrected chi connectivity index (χ3v) is 2.83. The van der Waals surface area contributed by atoms with Crippen LogP contribution in [0.2, 0.25) is 15.1 Å². The number of hydrogen-bond acceptors (Lipinski definition) is 1. The van der Waals surface area contributed by atoms with Gasteiger partial charge in [-0.2, -0.15) is 0 Å². The van der Waals surface area contributed by atoms with Crippen LogP contribution in [0.25, 0.3) is 6.08 Å². The molecule has 1 amide bonds. The molecule has 80 valence electrons. The molecule has 0 fully saturated rings. The van der Waals surface area contributed by atoms with E-state index in [0.29, 0.717) is 15.1 Å². The van der Waals surface area contributed by atoms with Crippen molar-refractivity contribution in [1.82, 2.24) is 0 Å². The predicted octanol–water partition coefficient (Wildman–Crippen LogP) is 3.54. The highest BCUT2D eigenvalue weighted by molar-refractivity contribution is 6.48. The van der Waals surface area contributed by atoms with Crippen LogP contribution in [-0.2, 0) is 4.79 Å². The average Bonchev–Trinajstić information content (AvgIpc) is 2.13. The first-order chi connectivity index (χ1) is 7.00. The molecule has 0 aromatic heterocycles. The Kier molecular flexibility index (Phi) is 4.45. The van der Waals surface area contributed by atoms with Crippen LogP contribution in [0.1, 0.15) is 12.0 Å². The molecule has 1 aromatic rings. The van der Waals surface area contributed by atoms with Gasteiger partial charge in [-0.3, -0.25) is 4.79 Å². The van der Waals surface area contributed by atoms with Crippen LogP contribution in [0.15, 0.2) is 18.2 Å². The largest absolute Gasteiger partial charge is 0.369 e. The van der Waals surface area contributed by atoms with Gasteiger partial charge in [0.25, 0.3) is 0 Å². The molecule has 0 radical (unpaired) electrons. The summed E-state index contributed by atoms with van der Waals surface area (Å²) in [4.78, 5) is 10.5. The number of carbonyl (C=O) groups excluding carboxylic acids is 1. The number of halogens is 3. The summed E-state index contributed by atoms with van der Waals surface area (Å²) in [6, 6.07) is 3.32. The van der Waals surface area contributed by atoms with E-state index in [-0.39, 0.29) is 6.42 Å². The number of primary amides is 1. The molecule has 0 aliphatic heterocycles. The first-order valence-electron chi connectivity index (χ1n) is 4.10. The summed E-state index contributed by atoms with van der Waals surface area (Å²) in [7, 11) is 0. The lowest BCUT2D eigenvalue weighted by Gasteiger charge is -2.00. The van der Waals surface area contributed by atoms with E-state index < -0.39 is 5.91 Å². The van der Waals surface area contributed by atoms with Gasteiger partial charge in [-0.25, -0.2) is 0 Å². The topological polar surface area (TPSA) is 43.1 Å². The Balaban J connectivity index is 2.87. The van der Waals surface area contributed by atoms with Gasteiger partial charge in [0.2, 0.25) is 5.91 Å². The molecule has 0 heterocycles. The van der Waals surface area contributed by atoms with Crippen molar-refractivity contribution in [3.63, 3.8) is 0 Å². The molecule has 2 N–H and O–H groups in total. The number of rotatable bonds is 3. The minimum Gasteiger partial charge on any atom is -0.369 e. The number of hydrogen-bond donors (Lipinski definition) is 1. The van der Waals surface area contributed by atoms with Crippen molar-refractivity contribution in [2.75, 3.05) is 0 Å². The molecular weight excluding hydrogens is 256 g/mol. The Morgan fingerprint density at radius 2 is 1.80 bits per heavy atom. The Labute approximate surface area is 103 Å². The first kappa shape index (κ1) is 12.4. The summed E-state index contributed by atoms with van der Waals surface area (Å²) >= 11 is 17.4. The Hall–Kier alpha value is -0.700. The van der Waals surface area contributed by atoms with E-state index in [0.717, 1.165) is 5.56 Å². The van der Waals surface area contributed by atoms with Gasteiger partial charge in [-0.1, -0.05) is 47.0 Å². The van der Waals surface area contributed by atoms with Crippen LogP contribution in [0.3, 0.4) is 0 Å².